The Morgan fingerprint density at radius 1 is 1.04 bits per heavy atom. The van der Waals surface area contributed by atoms with E-state index in [1.54, 1.807) is 31.3 Å². The highest BCUT2D eigenvalue weighted by atomic mass is 16.5. The standard InChI is InChI=1S/C20H24N2O3/c1-14(2)25-18-11-7-16(8-12-18)20(24)22(4)13-19(23)21-17-9-5-15(3)6-10-17/h5-12,14H,13H2,1-4H3,(H,21,23). The molecule has 0 radical (unpaired) electrons. The second-order valence-corrected chi connectivity index (χ2v) is 6.27. The summed E-state index contributed by atoms with van der Waals surface area (Å²) >= 11 is 0. The predicted molar refractivity (Wildman–Crippen MR) is 99.0 cm³/mol. The van der Waals surface area contributed by atoms with Gasteiger partial charge in [-0.15, -0.1) is 0 Å². The Hall–Kier alpha value is -2.82. The summed E-state index contributed by atoms with van der Waals surface area (Å²) in [6.07, 6.45) is 0.0784. The maximum atomic E-state index is 12.4. The summed E-state index contributed by atoms with van der Waals surface area (Å²) in [7, 11) is 1.61. The molecule has 132 valence electrons. The molecule has 0 aliphatic carbocycles. The number of amides is 2. The van der Waals surface area contributed by atoms with E-state index in [0.717, 1.165) is 5.56 Å². The Morgan fingerprint density at radius 3 is 2.20 bits per heavy atom. The summed E-state index contributed by atoms with van der Waals surface area (Å²) in [5.74, 6) is 0.265. The maximum absolute atomic E-state index is 12.4. The zero-order valence-electron chi connectivity index (χ0n) is 15.1. The average molecular weight is 340 g/mol. The molecule has 0 saturated heterocycles. The molecule has 2 aromatic carbocycles. The van der Waals surface area contributed by atoms with Gasteiger partial charge in [-0.05, 0) is 57.2 Å². The number of ether oxygens (including phenoxy) is 1. The molecule has 0 atom stereocenters. The van der Waals surface area contributed by atoms with Gasteiger partial charge in [-0.25, -0.2) is 0 Å². The SMILES string of the molecule is Cc1ccc(NC(=O)CN(C)C(=O)c2ccc(OC(C)C)cc2)cc1. The summed E-state index contributed by atoms with van der Waals surface area (Å²) < 4.78 is 5.56. The van der Waals surface area contributed by atoms with Gasteiger partial charge >= 0.3 is 0 Å². The van der Waals surface area contributed by atoms with Crippen molar-refractivity contribution in [1.29, 1.82) is 0 Å². The third-order valence-corrected chi connectivity index (χ3v) is 3.54. The molecule has 2 aromatic rings. The second-order valence-electron chi connectivity index (χ2n) is 6.27. The molecule has 0 aliphatic heterocycles. The Bertz CT molecular complexity index is 722. The molecule has 0 aromatic heterocycles. The fourth-order valence-electron chi connectivity index (χ4n) is 2.29. The first-order valence-corrected chi connectivity index (χ1v) is 8.24. The fourth-order valence-corrected chi connectivity index (χ4v) is 2.29. The lowest BCUT2D eigenvalue weighted by Gasteiger charge is -2.17. The monoisotopic (exact) mass is 340 g/mol. The molecular weight excluding hydrogens is 316 g/mol. The van der Waals surface area contributed by atoms with Crippen molar-refractivity contribution in [2.45, 2.75) is 26.9 Å². The lowest BCUT2D eigenvalue weighted by molar-refractivity contribution is -0.116. The number of carbonyl (C=O) groups is 2. The smallest absolute Gasteiger partial charge is 0.254 e. The van der Waals surface area contributed by atoms with Crippen molar-refractivity contribution in [3.05, 3.63) is 59.7 Å². The molecule has 0 aliphatic rings. The zero-order chi connectivity index (χ0) is 18.4. The Labute approximate surface area is 148 Å². The van der Waals surface area contributed by atoms with Gasteiger partial charge in [0.05, 0.1) is 12.6 Å². The Morgan fingerprint density at radius 2 is 1.64 bits per heavy atom. The molecule has 5 heteroatoms. The number of likely N-dealkylation sites (N-methyl/N-ethyl adjacent to an activating group) is 1. The molecule has 1 N–H and O–H groups in total. The number of nitrogens with zero attached hydrogens (tertiary/aromatic N) is 1. The number of hydrogen-bond donors (Lipinski definition) is 1. The van der Waals surface area contributed by atoms with Crippen LogP contribution in [-0.4, -0.2) is 36.4 Å². The second kappa shape index (κ2) is 8.33. The van der Waals surface area contributed by atoms with Gasteiger partial charge in [-0.1, -0.05) is 17.7 Å². The van der Waals surface area contributed by atoms with E-state index in [9.17, 15) is 9.59 Å². The van der Waals surface area contributed by atoms with Gasteiger partial charge in [0.1, 0.15) is 5.75 Å². The van der Waals surface area contributed by atoms with Gasteiger partial charge in [0.25, 0.3) is 5.91 Å². The van der Waals surface area contributed by atoms with Crippen LogP contribution in [0.25, 0.3) is 0 Å². The van der Waals surface area contributed by atoms with Crippen molar-refractivity contribution in [3.63, 3.8) is 0 Å². The number of aryl methyl sites for hydroxylation is 1. The van der Waals surface area contributed by atoms with Crippen LogP contribution >= 0.6 is 0 Å². The third-order valence-electron chi connectivity index (χ3n) is 3.54. The normalized spacial score (nSPS) is 10.4. The number of rotatable bonds is 6. The summed E-state index contributed by atoms with van der Waals surface area (Å²) in [5, 5.41) is 2.78. The fraction of sp³-hybridized carbons (Fsp3) is 0.300. The van der Waals surface area contributed by atoms with E-state index in [4.69, 9.17) is 4.74 Å². The minimum atomic E-state index is -0.237. The minimum absolute atomic E-state index is 0.0169. The number of benzene rings is 2. The van der Waals surface area contributed by atoms with Crippen molar-refractivity contribution >= 4 is 17.5 Å². The first-order valence-electron chi connectivity index (χ1n) is 8.24. The first-order chi connectivity index (χ1) is 11.8. The number of nitrogens with one attached hydrogen (secondary N) is 1. The number of anilines is 1. The molecule has 2 rings (SSSR count). The Balaban J connectivity index is 1.92. The van der Waals surface area contributed by atoms with Crippen molar-refractivity contribution in [3.8, 4) is 5.75 Å². The van der Waals surface area contributed by atoms with Crippen LogP contribution in [0.15, 0.2) is 48.5 Å². The van der Waals surface area contributed by atoms with Crippen molar-refractivity contribution in [2.75, 3.05) is 18.9 Å². The number of hydrogen-bond acceptors (Lipinski definition) is 3. The van der Waals surface area contributed by atoms with Gasteiger partial charge in [-0.3, -0.25) is 9.59 Å². The highest BCUT2D eigenvalue weighted by Crippen LogP contribution is 2.15. The van der Waals surface area contributed by atoms with Crippen LogP contribution in [0.3, 0.4) is 0 Å². The van der Waals surface area contributed by atoms with Crippen LogP contribution in [0.4, 0.5) is 5.69 Å². The molecule has 25 heavy (non-hydrogen) atoms. The van der Waals surface area contributed by atoms with E-state index in [2.05, 4.69) is 5.32 Å². The van der Waals surface area contributed by atoms with Gasteiger partial charge in [0, 0.05) is 18.3 Å². The largest absolute Gasteiger partial charge is 0.491 e. The Kier molecular flexibility index (Phi) is 6.17. The van der Waals surface area contributed by atoms with E-state index in [0.29, 0.717) is 17.0 Å². The zero-order valence-corrected chi connectivity index (χ0v) is 15.1. The van der Waals surface area contributed by atoms with Gasteiger partial charge in [-0.2, -0.15) is 0 Å². The lowest BCUT2D eigenvalue weighted by Crippen LogP contribution is -2.34. The quantitative estimate of drug-likeness (QED) is 0.876. The van der Waals surface area contributed by atoms with E-state index in [1.165, 1.54) is 4.90 Å². The van der Waals surface area contributed by atoms with E-state index >= 15 is 0 Å². The third kappa shape index (κ3) is 5.64. The molecule has 0 spiro atoms. The summed E-state index contributed by atoms with van der Waals surface area (Å²) in [4.78, 5) is 25.9. The van der Waals surface area contributed by atoms with Gasteiger partial charge in [0.15, 0.2) is 0 Å². The van der Waals surface area contributed by atoms with Crippen molar-refractivity contribution in [1.82, 2.24) is 4.90 Å². The molecular formula is C20H24N2O3. The van der Waals surface area contributed by atoms with Crippen LogP contribution in [-0.2, 0) is 4.79 Å². The summed E-state index contributed by atoms with van der Waals surface area (Å²) in [6.45, 7) is 5.85. The molecule has 0 bridgehead atoms. The molecule has 0 unspecified atom stereocenters. The van der Waals surface area contributed by atoms with E-state index in [1.807, 2.05) is 45.0 Å². The predicted octanol–water partition coefficient (Wildman–Crippen LogP) is 3.49. The van der Waals surface area contributed by atoms with Crippen LogP contribution in [0, 0.1) is 6.92 Å². The van der Waals surface area contributed by atoms with Crippen LogP contribution in [0.1, 0.15) is 29.8 Å². The molecule has 0 fully saturated rings. The lowest BCUT2D eigenvalue weighted by atomic mass is 10.2. The minimum Gasteiger partial charge on any atom is -0.491 e. The number of carbonyl (C=O) groups excluding carboxylic acids is 2. The van der Waals surface area contributed by atoms with Crippen LogP contribution in [0.2, 0.25) is 0 Å². The first kappa shape index (κ1) is 18.5. The summed E-state index contributed by atoms with van der Waals surface area (Å²) in [5.41, 5.74) is 2.35. The summed E-state index contributed by atoms with van der Waals surface area (Å²) in [6, 6.07) is 14.4. The topological polar surface area (TPSA) is 58.6 Å². The van der Waals surface area contributed by atoms with E-state index < -0.39 is 0 Å². The average Bonchev–Trinajstić information content (AvgIpc) is 2.56. The van der Waals surface area contributed by atoms with Gasteiger partial charge in [0.2, 0.25) is 5.91 Å². The van der Waals surface area contributed by atoms with Gasteiger partial charge < -0.3 is 15.0 Å². The van der Waals surface area contributed by atoms with Crippen molar-refractivity contribution < 1.29 is 14.3 Å². The van der Waals surface area contributed by atoms with Crippen molar-refractivity contribution in [2.24, 2.45) is 0 Å². The molecule has 0 saturated carbocycles. The highest BCUT2D eigenvalue weighted by molar-refractivity contribution is 5.99. The molecule has 5 nitrogen and oxygen atoms in total. The van der Waals surface area contributed by atoms with E-state index in [-0.39, 0.29) is 24.5 Å². The highest BCUT2D eigenvalue weighted by Gasteiger charge is 2.15. The van der Waals surface area contributed by atoms with Crippen LogP contribution < -0.4 is 10.1 Å². The maximum Gasteiger partial charge on any atom is 0.254 e. The molecule has 2 amide bonds. The molecule has 0 heterocycles. The van der Waals surface area contributed by atoms with Crippen LogP contribution in [0.5, 0.6) is 5.75 Å².